The van der Waals surface area contributed by atoms with Gasteiger partial charge in [0.2, 0.25) is 5.91 Å². The lowest BCUT2D eigenvalue weighted by molar-refractivity contribution is -0.129. The highest BCUT2D eigenvalue weighted by atomic mass is 16.2. The number of carbonyl (C=O) groups excluding carboxylic acids is 1. The first kappa shape index (κ1) is 13.6. The summed E-state index contributed by atoms with van der Waals surface area (Å²) < 4.78 is 1.80. The summed E-state index contributed by atoms with van der Waals surface area (Å²) >= 11 is 0. The Bertz CT molecular complexity index is 480. The quantitative estimate of drug-likeness (QED) is 0.893. The molecule has 0 unspecified atom stereocenters. The van der Waals surface area contributed by atoms with Crippen LogP contribution in [0.15, 0.2) is 12.3 Å². The maximum Gasteiger partial charge on any atom is 0.240 e. The average molecular weight is 260 g/mol. The van der Waals surface area contributed by atoms with Gasteiger partial charge in [0.1, 0.15) is 5.41 Å². The molecular formula is C14H20N4O. The monoisotopic (exact) mass is 260 g/mol. The van der Waals surface area contributed by atoms with Crippen LogP contribution in [0.1, 0.15) is 37.8 Å². The Labute approximate surface area is 113 Å². The third-order valence-corrected chi connectivity index (χ3v) is 3.94. The summed E-state index contributed by atoms with van der Waals surface area (Å²) in [5.41, 5.74) is 0.292. The maximum atomic E-state index is 12.2. The van der Waals surface area contributed by atoms with Crippen molar-refractivity contribution in [2.45, 2.75) is 38.5 Å². The molecule has 1 amide bonds. The van der Waals surface area contributed by atoms with Crippen molar-refractivity contribution in [3.8, 4) is 6.07 Å². The van der Waals surface area contributed by atoms with Crippen LogP contribution in [0, 0.1) is 16.7 Å². The Kier molecular flexibility index (Phi) is 4.20. The van der Waals surface area contributed by atoms with Crippen molar-refractivity contribution < 1.29 is 4.79 Å². The van der Waals surface area contributed by atoms with E-state index in [2.05, 4.69) is 16.5 Å². The van der Waals surface area contributed by atoms with Crippen LogP contribution in [0.3, 0.4) is 0 Å². The van der Waals surface area contributed by atoms with Gasteiger partial charge in [0.25, 0.3) is 0 Å². The number of rotatable bonds is 4. The van der Waals surface area contributed by atoms with E-state index in [-0.39, 0.29) is 5.91 Å². The first-order chi connectivity index (χ1) is 9.18. The zero-order valence-electron chi connectivity index (χ0n) is 11.4. The Hall–Kier alpha value is -1.83. The number of nitriles is 1. The van der Waals surface area contributed by atoms with Crippen LogP contribution in [0.2, 0.25) is 0 Å². The van der Waals surface area contributed by atoms with Crippen molar-refractivity contribution in [1.82, 2.24) is 15.1 Å². The highest BCUT2D eigenvalue weighted by molar-refractivity contribution is 5.85. The summed E-state index contributed by atoms with van der Waals surface area (Å²) in [5.74, 6) is -0.100. The molecule has 1 heterocycles. The molecule has 1 aromatic rings. The van der Waals surface area contributed by atoms with E-state index in [1.807, 2.05) is 13.1 Å². The normalized spacial score (nSPS) is 17.7. The third kappa shape index (κ3) is 2.95. The highest BCUT2D eigenvalue weighted by Gasteiger charge is 2.39. The minimum Gasteiger partial charge on any atom is -0.354 e. The Balaban J connectivity index is 1.87. The van der Waals surface area contributed by atoms with Gasteiger partial charge in [0.05, 0.1) is 6.07 Å². The zero-order chi connectivity index (χ0) is 13.7. The van der Waals surface area contributed by atoms with Gasteiger partial charge in [-0.3, -0.25) is 9.48 Å². The van der Waals surface area contributed by atoms with Crippen molar-refractivity contribution in [1.29, 1.82) is 5.26 Å². The molecule has 19 heavy (non-hydrogen) atoms. The van der Waals surface area contributed by atoms with Gasteiger partial charge in [-0.2, -0.15) is 10.4 Å². The van der Waals surface area contributed by atoms with E-state index < -0.39 is 5.41 Å². The number of hydrogen-bond acceptors (Lipinski definition) is 3. The average Bonchev–Trinajstić information content (AvgIpc) is 2.85. The van der Waals surface area contributed by atoms with Crippen LogP contribution in [0.5, 0.6) is 0 Å². The van der Waals surface area contributed by atoms with Crippen LogP contribution in [-0.4, -0.2) is 22.2 Å². The van der Waals surface area contributed by atoms with Crippen molar-refractivity contribution >= 4 is 5.91 Å². The molecule has 5 heteroatoms. The van der Waals surface area contributed by atoms with Crippen LogP contribution < -0.4 is 5.32 Å². The number of amides is 1. The molecule has 1 aliphatic carbocycles. The van der Waals surface area contributed by atoms with Gasteiger partial charge in [-0.05, 0) is 18.9 Å². The molecule has 102 valence electrons. The summed E-state index contributed by atoms with van der Waals surface area (Å²) in [6.07, 6.45) is 6.96. The molecule has 1 N–H and O–H groups in total. The largest absolute Gasteiger partial charge is 0.354 e. The van der Waals surface area contributed by atoms with Gasteiger partial charge < -0.3 is 5.32 Å². The standard InChI is InChI=1S/C14H20N4O/c1-18-12(6-10-17-18)5-9-16-13(19)14(11-15)7-3-2-4-8-14/h6,10H,2-5,7-9H2,1H3,(H,16,19). The zero-order valence-corrected chi connectivity index (χ0v) is 11.4. The molecule has 0 radical (unpaired) electrons. The first-order valence-corrected chi connectivity index (χ1v) is 6.84. The lowest BCUT2D eigenvalue weighted by Gasteiger charge is -2.29. The molecule has 1 aromatic heterocycles. The van der Waals surface area contributed by atoms with Crippen molar-refractivity contribution in [3.05, 3.63) is 18.0 Å². The number of nitrogens with zero attached hydrogens (tertiary/aromatic N) is 3. The SMILES string of the molecule is Cn1nccc1CCNC(=O)C1(C#N)CCCCC1. The predicted molar refractivity (Wildman–Crippen MR) is 71.1 cm³/mol. The molecular weight excluding hydrogens is 240 g/mol. The van der Waals surface area contributed by atoms with Gasteiger partial charge in [-0.25, -0.2) is 0 Å². The molecule has 0 aromatic carbocycles. The van der Waals surface area contributed by atoms with E-state index in [0.29, 0.717) is 19.4 Å². The Morgan fingerprint density at radius 2 is 2.26 bits per heavy atom. The fourth-order valence-electron chi connectivity index (χ4n) is 2.66. The summed E-state index contributed by atoms with van der Waals surface area (Å²) in [4.78, 5) is 12.2. The van der Waals surface area contributed by atoms with Gasteiger partial charge in [-0.1, -0.05) is 19.3 Å². The van der Waals surface area contributed by atoms with Gasteiger partial charge >= 0.3 is 0 Å². The maximum absolute atomic E-state index is 12.2. The predicted octanol–water partition coefficient (Wildman–Crippen LogP) is 1.55. The lowest BCUT2D eigenvalue weighted by atomic mass is 9.74. The van der Waals surface area contributed by atoms with Gasteiger partial charge in [0.15, 0.2) is 0 Å². The smallest absolute Gasteiger partial charge is 0.240 e. The van der Waals surface area contributed by atoms with Crippen LogP contribution >= 0.6 is 0 Å². The second kappa shape index (κ2) is 5.87. The van der Waals surface area contributed by atoms with Crippen molar-refractivity contribution in [3.63, 3.8) is 0 Å². The highest BCUT2D eigenvalue weighted by Crippen LogP contribution is 2.35. The molecule has 0 aliphatic heterocycles. The Morgan fingerprint density at radius 1 is 1.53 bits per heavy atom. The van der Waals surface area contributed by atoms with Crippen LogP contribution in [0.25, 0.3) is 0 Å². The summed E-state index contributed by atoms with van der Waals surface area (Å²) in [7, 11) is 1.88. The number of aryl methyl sites for hydroxylation is 1. The number of nitrogens with one attached hydrogen (secondary N) is 1. The van der Waals surface area contributed by atoms with E-state index in [9.17, 15) is 10.1 Å². The summed E-state index contributed by atoms with van der Waals surface area (Å²) in [5, 5.41) is 16.3. The fraction of sp³-hybridized carbons (Fsp3) is 0.643. The van der Waals surface area contributed by atoms with E-state index in [1.165, 1.54) is 0 Å². The summed E-state index contributed by atoms with van der Waals surface area (Å²) in [6.45, 7) is 0.557. The Morgan fingerprint density at radius 3 is 2.84 bits per heavy atom. The van der Waals surface area contributed by atoms with Crippen molar-refractivity contribution in [2.24, 2.45) is 12.5 Å². The lowest BCUT2D eigenvalue weighted by Crippen LogP contribution is -2.42. The van der Waals surface area contributed by atoms with E-state index in [1.54, 1.807) is 10.9 Å². The van der Waals surface area contributed by atoms with E-state index in [4.69, 9.17) is 0 Å². The number of hydrogen-bond donors (Lipinski definition) is 1. The molecule has 5 nitrogen and oxygen atoms in total. The minimum absolute atomic E-state index is 0.100. The number of aromatic nitrogens is 2. The van der Waals surface area contributed by atoms with Crippen molar-refractivity contribution in [2.75, 3.05) is 6.54 Å². The molecule has 1 fully saturated rings. The molecule has 1 aliphatic rings. The van der Waals surface area contributed by atoms with E-state index >= 15 is 0 Å². The van der Waals surface area contributed by atoms with E-state index in [0.717, 1.165) is 31.4 Å². The topological polar surface area (TPSA) is 70.7 Å². The fourth-order valence-corrected chi connectivity index (χ4v) is 2.66. The second-order valence-electron chi connectivity index (χ2n) is 5.21. The molecule has 0 atom stereocenters. The second-order valence-corrected chi connectivity index (χ2v) is 5.21. The first-order valence-electron chi connectivity index (χ1n) is 6.84. The van der Waals surface area contributed by atoms with Gasteiger partial charge in [0, 0.05) is 31.9 Å². The van der Waals surface area contributed by atoms with Crippen LogP contribution in [-0.2, 0) is 18.3 Å². The van der Waals surface area contributed by atoms with Crippen LogP contribution in [0.4, 0.5) is 0 Å². The summed E-state index contributed by atoms with van der Waals surface area (Å²) in [6, 6.07) is 4.18. The molecule has 2 rings (SSSR count). The molecule has 0 saturated heterocycles. The minimum atomic E-state index is -0.787. The molecule has 0 spiro atoms. The third-order valence-electron chi connectivity index (χ3n) is 3.94. The van der Waals surface area contributed by atoms with Gasteiger partial charge in [-0.15, -0.1) is 0 Å². The molecule has 1 saturated carbocycles. The number of carbonyl (C=O) groups is 1. The molecule has 0 bridgehead atoms.